The second kappa shape index (κ2) is 15.3. The maximum Gasteiger partial charge on any atom is 0.270 e. The van der Waals surface area contributed by atoms with Crippen molar-refractivity contribution < 1.29 is 28.3 Å². The highest BCUT2D eigenvalue weighted by molar-refractivity contribution is 6.00. The Hall–Kier alpha value is -3.80. The van der Waals surface area contributed by atoms with E-state index >= 15 is 4.39 Å². The lowest BCUT2D eigenvalue weighted by atomic mass is 9.79. The minimum Gasteiger partial charge on any atom is -0.378 e. The molecule has 1 aliphatic carbocycles. The molecule has 0 bridgehead atoms. The van der Waals surface area contributed by atoms with Gasteiger partial charge in [-0.05, 0) is 55.4 Å². The van der Waals surface area contributed by atoms with Crippen LogP contribution in [0.3, 0.4) is 0 Å². The van der Waals surface area contributed by atoms with Crippen molar-refractivity contribution in [2.24, 2.45) is 11.8 Å². The van der Waals surface area contributed by atoms with Gasteiger partial charge in [0.15, 0.2) is 0 Å². The molecule has 4 rings (SSSR count). The summed E-state index contributed by atoms with van der Waals surface area (Å²) < 4.78 is 22.5. The first-order chi connectivity index (χ1) is 21.1. The topological polar surface area (TPSA) is 135 Å². The highest BCUT2D eigenvalue weighted by Gasteiger charge is 2.35. The maximum atomic E-state index is 15.5. The number of ether oxygens (including phenoxy) is 1. The number of carbonyl (C=O) groups is 4. The van der Waals surface area contributed by atoms with Gasteiger partial charge in [0.1, 0.15) is 23.6 Å². The maximum absolute atomic E-state index is 15.5. The van der Waals surface area contributed by atoms with Crippen LogP contribution in [0.25, 0.3) is 0 Å². The van der Waals surface area contributed by atoms with E-state index in [1.807, 2.05) is 6.92 Å². The number of halogens is 1. The first kappa shape index (κ1) is 33.1. The molecule has 0 spiro atoms. The molecule has 2 heterocycles. The van der Waals surface area contributed by atoms with Gasteiger partial charge in [0, 0.05) is 38.2 Å². The Labute approximate surface area is 258 Å². The number of amides is 4. The molecule has 0 unspecified atom stereocenters. The quantitative estimate of drug-likeness (QED) is 0.356. The molecule has 1 aromatic heterocycles. The third-order valence-electron chi connectivity index (χ3n) is 8.85. The number of aromatic nitrogens is 2. The Kier molecular flexibility index (Phi) is 11.5. The van der Waals surface area contributed by atoms with Gasteiger partial charge in [-0.3, -0.25) is 23.9 Å². The first-order valence-corrected chi connectivity index (χ1v) is 15.7. The van der Waals surface area contributed by atoms with Crippen molar-refractivity contribution in [1.82, 2.24) is 25.3 Å². The molecule has 1 aromatic carbocycles. The Balaban J connectivity index is 1.52. The molecule has 2 aromatic rings. The number of rotatable bonds is 11. The molecule has 240 valence electrons. The largest absolute Gasteiger partial charge is 0.378 e. The number of nitrogens with zero attached hydrogens (tertiary/aromatic N) is 3. The number of aryl methyl sites for hydroxylation is 1. The molecule has 0 radical (unpaired) electrons. The molecule has 2 fully saturated rings. The molecular formula is C32H45FN6O5. The van der Waals surface area contributed by atoms with Crippen LogP contribution in [-0.4, -0.2) is 76.7 Å². The predicted octanol–water partition coefficient (Wildman–Crippen LogP) is 3.46. The number of anilines is 1. The Morgan fingerprint density at radius 3 is 2.39 bits per heavy atom. The van der Waals surface area contributed by atoms with Crippen molar-refractivity contribution >= 4 is 29.3 Å². The predicted molar refractivity (Wildman–Crippen MR) is 163 cm³/mol. The Morgan fingerprint density at radius 2 is 1.75 bits per heavy atom. The van der Waals surface area contributed by atoms with E-state index in [0.717, 1.165) is 25.7 Å². The molecule has 1 aliphatic heterocycles. The van der Waals surface area contributed by atoms with Crippen LogP contribution in [0.5, 0.6) is 0 Å². The van der Waals surface area contributed by atoms with Crippen molar-refractivity contribution in [3.8, 4) is 0 Å². The Morgan fingerprint density at radius 1 is 1.05 bits per heavy atom. The fourth-order valence-corrected chi connectivity index (χ4v) is 5.98. The summed E-state index contributed by atoms with van der Waals surface area (Å²) >= 11 is 0. The lowest BCUT2D eigenvalue weighted by molar-refractivity contribution is -0.140. The summed E-state index contributed by atoms with van der Waals surface area (Å²) in [6.07, 6.45) is 5.17. The third kappa shape index (κ3) is 8.02. The summed E-state index contributed by atoms with van der Waals surface area (Å²) in [7, 11) is 0. The van der Waals surface area contributed by atoms with E-state index in [0.29, 0.717) is 50.0 Å². The van der Waals surface area contributed by atoms with Crippen LogP contribution >= 0.6 is 0 Å². The van der Waals surface area contributed by atoms with E-state index in [2.05, 4.69) is 28.0 Å². The van der Waals surface area contributed by atoms with E-state index in [-0.39, 0.29) is 29.8 Å². The molecule has 4 amide bonds. The van der Waals surface area contributed by atoms with Crippen LogP contribution in [0.2, 0.25) is 0 Å². The van der Waals surface area contributed by atoms with E-state index < -0.39 is 35.6 Å². The zero-order chi connectivity index (χ0) is 31.8. The van der Waals surface area contributed by atoms with Crippen molar-refractivity contribution in [3.05, 3.63) is 47.5 Å². The monoisotopic (exact) mass is 612 g/mol. The molecule has 3 atom stereocenters. The fourth-order valence-electron chi connectivity index (χ4n) is 5.98. The highest BCUT2D eigenvalue weighted by Crippen LogP contribution is 2.32. The number of nitrogens with one attached hydrogen (secondary N) is 3. The average Bonchev–Trinajstić information content (AvgIpc) is 3.53. The van der Waals surface area contributed by atoms with E-state index in [9.17, 15) is 19.2 Å². The molecule has 2 aliphatic rings. The number of benzene rings is 1. The zero-order valence-corrected chi connectivity index (χ0v) is 26.1. The minimum absolute atomic E-state index is 0.0263. The van der Waals surface area contributed by atoms with Crippen LogP contribution in [0.15, 0.2) is 30.5 Å². The van der Waals surface area contributed by atoms with Crippen molar-refractivity contribution in [2.45, 2.75) is 84.3 Å². The highest BCUT2D eigenvalue weighted by atomic mass is 19.1. The SMILES string of the molecule is CCC(=O)N[C@@H](C(=O)N1CCOCC1)[C@@H](C)c1ccc(NC(=O)[C@@H](NC(=O)c2ccnn2CC)C2CCC(C)CC2)c(F)c1. The lowest BCUT2D eigenvalue weighted by Gasteiger charge is -2.33. The van der Waals surface area contributed by atoms with Gasteiger partial charge in [-0.1, -0.05) is 39.7 Å². The molecule has 44 heavy (non-hydrogen) atoms. The van der Waals surface area contributed by atoms with Crippen LogP contribution in [0.1, 0.15) is 81.8 Å². The fraction of sp³-hybridized carbons (Fsp3) is 0.594. The summed E-state index contributed by atoms with van der Waals surface area (Å²) in [5.74, 6) is -2.18. The number of morpholine rings is 1. The summed E-state index contributed by atoms with van der Waals surface area (Å²) in [6, 6.07) is 4.27. The van der Waals surface area contributed by atoms with Crippen molar-refractivity contribution in [2.75, 3.05) is 31.6 Å². The van der Waals surface area contributed by atoms with Crippen LogP contribution in [0.4, 0.5) is 10.1 Å². The van der Waals surface area contributed by atoms with Gasteiger partial charge in [0.25, 0.3) is 5.91 Å². The van der Waals surface area contributed by atoms with E-state index in [1.54, 1.807) is 41.8 Å². The van der Waals surface area contributed by atoms with Crippen molar-refractivity contribution in [1.29, 1.82) is 0 Å². The molecular weight excluding hydrogens is 567 g/mol. The number of carbonyl (C=O) groups excluding carboxylic acids is 4. The van der Waals surface area contributed by atoms with Gasteiger partial charge < -0.3 is 25.6 Å². The van der Waals surface area contributed by atoms with Crippen molar-refractivity contribution in [3.63, 3.8) is 0 Å². The van der Waals surface area contributed by atoms with Gasteiger partial charge in [-0.15, -0.1) is 0 Å². The van der Waals surface area contributed by atoms with Crippen LogP contribution < -0.4 is 16.0 Å². The van der Waals surface area contributed by atoms with Crippen LogP contribution in [0, 0.1) is 17.7 Å². The lowest BCUT2D eigenvalue weighted by Crippen LogP contribution is -2.53. The van der Waals surface area contributed by atoms with Gasteiger partial charge in [-0.2, -0.15) is 5.10 Å². The number of hydrogen-bond acceptors (Lipinski definition) is 6. The molecule has 3 N–H and O–H groups in total. The van der Waals surface area contributed by atoms with Gasteiger partial charge in [0.05, 0.1) is 18.9 Å². The second-order valence-corrected chi connectivity index (χ2v) is 11.9. The summed E-state index contributed by atoms with van der Waals surface area (Å²) in [4.78, 5) is 54.2. The smallest absolute Gasteiger partial charge is 0.270 e. The summed E-state index contributed by atoms with van der Waals surface area (Å²) in [6.45, 7) is 9.70. The van der Waals surface area contributed by atoms with E-state index in [1.165, 1.54) is 12.1 Å². The zero-order valence-electron chi connectivity index (χ0n) is 26.1. The Bertz CT molecular complexity index is 1320. The average molecular weight is 613 g/mol. The standard InChI is InChI=1S/C32H45FN6O5/c1-5-27(40)36-28(32(43)38-15-17-44-18-16-38)21(4)23-11-12-25(24(33)19-23)35-31(42)29(22-9-7-20(3)8-10-22)37-30(41)26-13-14-34-39(26)6-2/h11-14,19-22,28-29H,5-10,15-18H2,1-4H3,(H,35,42)(H,36,40)(H,37,41)/t20?,21-,22?,28+,29-/m0/s1. The first-order valence-electron chi connectivity index (χ1n) is 15.7. The van der Waals surface area contributed by atoms with Gasteiger partial charge >= 0.3 is 0 Å². The molecule has 1 saturated heterocycles. The molecule has 1 saturated carbocycles. The van der Waals surface area contributed by atoms with Gasteiger partial charge in [-0.25, -0.2) is 4.39 Å². The second-order valence-electron chi connectivity index (χ2n) is 11.9. The van der Waals surface area contributed by atoms with E-state index in [4.69, 9.17) is 4.74 Å². The third-order valence-corrected chi connectivity index (χ3v) is 8.85. The van der Waals surface area contributed by atoms with Crippen LogP contribution in [-0.2, 0) is 25.7 Å². The normalized spacial score (nSPS) is 20.7. The number of hydrogen-bond donors (Lipinski definition) is 3. The molecule has 12 heteroatoms. The summed E-state index contributed by atoms with van der Waals surface area (Å²) in [5, 5.41) is 12.6. The summed E-state index contributed by atoms with van der Waals surface area (Å²) in [5.41, 5.74) is 0.833. The molecule has 11 nitrogen and oxygen atoms in total. The minimum atomic E-state index is -0.884. The van der Waals surface area contributed by atoms with Gasteiger partial charge in [0.2, 0.25) is 17.7 Å².